The Bertz CT molecular complexity index is 676. The molecule has 0 radical (unpaired) electrons. The molecule has 1 N–H and O–H groups in total. The summed E-state index contributed by atoms with van der Waals surface area (Å²) < 4.78 is 0. The van der Waals surface area contributed by atoms with Gasteiger partial charge in [0.05, 0.1) is 17.6 Å². The minimum absolute atomic E-state index is 0.0161. The van der Waals surface area contributed by atoms with Gasteiger partial charge in [-0.1, -0.05) is 41.9 Å². The smallest absolute Gasteiger partial charge is 0.168 e. The second-order valence-corrected chi connectivity index (χ2v) is 4.75. The topological polar surface area (TPSA) is 61.1 Å². The molecule has 100 valence electrons. The predicted molar refractivity (Wildman–Crippen MR) is 76.9 cm³/mol. The number of aromatic hydroxyl groups is 1. The number of rotatable bonds is 4. The van der Waals surface area contributed by atoms with Crippen LogP contribution >= 0.6 is 11.6 Å². The highest BCUT2D eigenvalue weighted by Gasteiger charge is 2.20. The highest BCUT2D eigenvalue weighted by molar-refractivity contribution is 6.31. The molecular formula is C16H12ClNO2. The molecular weight excluding hydrogens is 274 g/mol. The Morgan fingerprint density at radius 2 is 1.85 bits per heavy atom. The molecule has 3 nitrogen and oxygen atoms in total. The van der Waals surface area contributed by atoms with Gasteiger partial charge in [-0.2, -0.15) is 5.26 Å². The molecule has 0 saturated heterocycles. The van der Waals surface area contributed by atoms with Crippen LogP contribution in [0.4, 0.5) is 0 Å². The van der Waals surface area contributed by atoms with Crippen LogP contribution in [0.2, 0.25) is 5.02 Å². The molecule has 2 aromatic carbocycles. The number of nitrogens with zero attached hydrogens (tertiary/aromatic N) is 1. The number of nitriles is 1. The lowest BCUT2D eigenvalue weighted by atomic mass is 9.92. The molecule has 0 amide bonds. The molecule has 0 aliphatic heterocycles. The van der Waals surface area contributed by atoms with Crippen LogP contribution in [0.25, 0.3) is 0 Å². The second-order valence-electron chi connectivity index (χ2n) is 4.35. The van der Waals surface area contributed by atoms with Crippen LogP contribution < -0.4 is 0 Å². The highest BCUT2D eigenvalue weighted by Crippen LogP contribution is 2.29. The van der Waals surface area contributed by atoms with Gasteiger partial charge >= 0.3 is 0 Å². The Balaban J connectivity index is 2.24. The number of phenolic OH excluding ortho intramolecular Hbond substituents is 1. The average molecular weight is 286 g/mol. The third-order valence-corrected chi connectivity index (χ3v) is 3.37. The van der Waals surface area contributed by atoms with Crippen molar-refractivity contribution in [2.75, 3.05) is 0 Å². The van der Waals surface area contributed by atoms with Crippen molar-refractivity contribution in [3.05, 3.63) is 64.7 Å². The van der Waals surface area contributed by atoms with Gasteiger partial charge in [0.25, 0.3) is 0 Å². The number of ketones is 1. The molecule has 2 aromatic rings. The van der Waals surface area contributed by atoms with Gasteiger partial charge in [0.15, 0.2) is 5.78 Å². The van der Waals surface area contributed by atoms with Crippen LogP contribution in [-0.4, -0.2) is 10.9 Å². The molecule has 0 spiro atoms. The number of benzene rings is 2. The van der Waals surface area contributed by atoms with Gasteiger partial charge in [0.2, 0.25) is 0 Å². The van der Waals surface area contributed by atoms with Gasteiger partial charge in [-0.3, -0.25) is 4.79 Å². The van der Waals surface area contributed by atoms with Gasteiger partial charge in [-0.25, -0.2) is 0 Å². The Morgan fingerprint density at radius 3 is 2.50 bits per heavy atom. The SMILES string of the molecule is N#CC(CC(=O)c1ccccc1O)c1ccccc1Cl. The number of hydrogen-bond acceptors (Lipinski definition) is 3. The lowest BCUT2D eigenvalue weighted by Crippen LogP contribution is -2.07. The maximum Gasteiger partial charge on any atom is 0.168 e. The highest BCUT2D eigenvalue weighted by atomic mass is 35.5. The van der Waals surface area contributed by atoms with Crippen LogP contribution in [0.3, 0.4) is 0 Å². The summed E-state index contributed by atoms with van der Waals surface area (Å²) >= 11 is 6.05. The second kappa shape index (κ2) is 6.23. The zero-order valence-corrected chi connectivity index (χ0v) is 11.3. The number of halogens is 1. The van der Waals surface area contributed by atoms with E-state index in [0.717, 1.165) is 0 Å². The van der Waals surface area contributed by atoms with Gasteiger partial charge < -0.3 is 5.11 Å². The minimum atomic E-state index is -0.629. The Labute approximate surface area is 122 Å². The zero-order valence-electron chi connectivity index (χ0n) is 10.6. The van der Waals surface area contributed by atoms with Crippen LogP contribution in [0.5, 0.6) is 5.75 Å². The number of carbonyl (C=O) groups excluding carboxylic acids is 1. The monoisotopic (exact) mass is 285 g/mol. The van der Waals surface area contributed by atoms with E-state index in [4.69, 9.17) is 11.6 Å². The van der Waals surface area contributed by atoms with Crippen molar-refractivity contribution in [1.82, 2.24) is 0 Å². The minimum Gasteiger partial charge on any atom is -0.507 e. The third-order valence-electron chi connectivity index (χ3n) is 3.03. The number of Topliss-reactive ketones (excluding diaryl/α,β-unsaturated/α-hetero) is 1. The molecule has 4 heteroatoms. The summed E-state index contributed by atoms with van der Waals surface area (Å²) in [5.74, 6) is -0.987. The van der Waals surface area contributed by atoms with Crippen LogP contribution in [0, 0.1) is 11.3 Å². The van der Waals surface area contributed by atoms with E-state index in [1.165, 1.54) is 6.07 Å². The van der Waals surface area contributed by atoms with Crippen molar-refractivity contribution in [1.29, 1.82) is 5.26 Å². The van der Waals surface area contributed by atoms with Crippen molar-refractivity contribution in [3.8, 4) is 11.8 Å². The van der Waals surface area contributed by atoms with Crippen molar-refractivity contribution in [3.63, 3.8) is 0 Å². The molecule has 0 aliphatic carbocycles. The molecule has 2 rings (SSSR count). The van der Waals surface area contributed by atoms with E-state index in [2.05, 4.69) is 6.07 Å². The number of phenols is 1. The van der Waals surface area contributed by atoms with Crippen molar-refractivity contribution in [2.45, 2.75) is 12.3 Å². The fraction of sp³-hybridized carbons (Fsp3) is 0.125. The van der Waals surface area contributed by atoms with Gasteiger partial charge in [-0.05, 0) is 23.8 Å². The first kappa shape index (κ1) is 14.1. The summed E-state index contributed by atoms with van der Waals surface area (Å²) in [6.07, 6.45) is -0.0161. The molecule has 1 unspecified atom stereocenters. The molecule has 0 aromatic heterocycles. The average Bonchev–Trinajstić information content (AvgIpc) is 2.46. The van der Waals surface area contributed by atoms with E-state index >= 15 is 0 Å². The lowest BCUT2D eigenvalue weighted by Gasteiger charge is -2.11. The first-order valence-electron chi connectivity index (χ1n) is 6.08. The Hall–Kier alpha value is -2.31. The predicted octanol–water partition coefficient (Wildman–Crippen LogP) is 3.93. The standard InChI is InChI=1S/C16H12ClNO2/c17-14-7-3-1-5-12(14)11(10-18)9-16(20)13-6-2-4-8-15(13)19/h1-8,11,19H,9H2. The largest absolute Gasteiger partial charge is 0.507 e. The number of para-hydroxylation sites is 1. The number of hydrogen-bond donors (Lipinski definition) is 1. The quantitative estimate of drug-likeness (QED) is 0.866. The van der Waals surface area contributed by atoms with Gasteiger partial charge in [-0.15, -0.1) is 0 Å². The lowest BCUT2D eigenvalue weighted by molar-refractivity contribution is 0.0976. The zero-order chi connectivity index (χ0) is 14.5. The molecule has 1 atom stereocenters. The van der Waals surface area contributed by atoms with E-state index in [1.807, 2.05) is 0 Å². The molecule has 0 heterocycles. The first-order valence-corrected chi connectivity index (χ1v) is 6.46. The maximum atomic E-state index is 12.2. The van der Waals surface area contributed by atoms with Crippen LogP contribution in [0.1, 0.15) is 28.3 Å². The maximum absolute atomic E-state index is 12.2. The molecule has 0 fully saturated rings. The van der Waals surface area contributed by atoms with Crippen molar-refractivity contribution < 1.29 is 9.90 Å². The number of carbonyl (C=O) groups is 1. The fourth-order valence-electron chi connectivity index (χ4n) is 1.99. The summed E-state index contributed by atoms with van der Waals surface area (Å²) in [6, 6.07) is 15.4. The summed E-state index contributed by atoms with van der Waals surface area (Å²) in [5.41, 5.74) is 0.847. The molecule has 0 bridgehead atoms. The fourth-order valence-corrected chi connectivity index (χ4v) is 2.26. The normalized spacial score (nSPS) is 11.6. The van der Waals surface area contributed by atoms with Gasteiger partial charge in [0, 0.05) is 11.4 Å². The Kier molecular flexibility index (Phi) is 4.39. The summed E-state index contributed by atoms with van der Waals surface area (Å²) in [4.78, 5) is 12.2. The van der Waals surface area contributed by atoms with E-state index in [0.29, 0.717) is 10.6 Å². The summed E-state index contributed by atoms with van der Waals surface area (Å²) in [7, 11) is 0. The molecule has 0 saturated carbocycles. The molecule has 20 heavy (non-hydrogen) atoms. The van der Waals surface area contributed by atoms with Crippen molar-refractivity contribution in [2.24, 2.45) is 0 Å². The van der Waals surface area contributed by atoms with E-state index < -0.39 is 5.92 Å². The first-order chi connectivity index (χ1) is 9.63. The van der Waals surface area contributed by atoms with E-state index in [1.54, 1.807) is 42.5 Å². The van der Waals surface area contributed by atoms with Crippen molar-refractivity contribution >= 4 is 17.4 Å². The van der Waals surface area contributed by atoms with Crippen LogP contribution in [0.15, 0.2) is 48.5 Å². The van der Waals surface area contributed by atoms with Gasteiger partial charge in [0.1, 0.15) is 5.75 Å². The van der Waals surface area contributed by atoms with E-state index in [9.17, 15) is 15.2 Å². The molecule has 0 aliphatic rings. The van der Waals surface area contributed by atoms with Crippen LogP contribution in [-0.2, 0) is 0 Å². The summed E-state index contributed by atoms with van der Waals surface area (Å²) in [5, 5.41) is 19.4. The van der Waals surface area contributed by atoms with E-state index in [-0.39, 0.29) is 23.5 Å². The summed E-state index contributed by atoms with van der Waals surface area (Å²) in [6.45, 7) is 0. The Morgan fingerprint density at radius 1 is 1.20 bits per heavy atom. The third kappa shape index (κ3) is 2.98.